The quantitative estimate of drug-likeness (QED) is 0.508. The van der Waals surface area contributed by atoms with Crippen LogP contribution >= 0.6 is 0 Å². The van der Waals surface area contributed by atoms with E-state index in [0.717, 1.165) is 0 Å². The zero-order valence-electron chi connectivity index (χ0n) is 11.7. The predicted molar refractivity (Wildman–Crippen MR) is 85.0 cm³/mol. The number of fused-ring (bicyclic) bond motifs is 1. The van der Waals surface area contributed by atoms with Crippen molar-refractivity contribution in [2.75, 3.05) is 10.6 Å². The fourth-order valence-electron chi connectivity index (χ4n) is 2.13. The molecule has 2 aromatic carbocycles. The standard InChI is InChI=1S/C15H12N4O4/c20-13(21)8-2-1-3-9(6-8)16-14(22)17-10-4-5-11-12(7-10)19-15(23)18-11/h1-7H,(H,20,21)(H2,16,17,22)(H2,18,19,23). The summed E-state index contributed by atoms with van der Waals surface area (Å²) in [4.78, 5) is 39.2. The van der Waals surface area contributed by atoms with Crippen LogP contribution in [0.2, 0.25) is 0 Å². The minimum atomic E-state index is -1.07. The van der Waals surface area contributed by atoms with E-state index in [0.29, 0.717) is 22.4 Å². The van der Waals surface area contributed by atoms with Gasteiger partial charge in [0.15, 0.2) is 0 Å². The predicted octanol–water partition coefficient (Wildman–Crippen LogP) is 2.20. The number of carbonyl (C=O) groups is 2. The Morgan fingerprint density at radius 3 is 2.35 bits per heavy atom. The fraction of sp³-hybridized carbons (Fsp3) is 0. The number of nitrogens with one attached hydrogen (secondary N) is 4. The van der Waals surface area contributed by atoms with Gasteiger partial charge >= 0.3 is 17.7 Å². The number of urea groups is 1. The molecule has 0 atom stereocenters. The lowest BCUT2D eigenvalue weighted by Crippen LogP contribution is -2.19. The Morgan fingerprint density at radius 1 is 0.913 bits per heavy atom. The van der Waals surface area contributed by atoms with Gasteiger partial charge in [-0.25, -0.2) is 14.4 Å². The lowest BCUT2D eigenvalue weighted by atomic mass is 10.2. The number of carboxylic acids is 1. The number of hydrogen-bond acceptors (Lipinski definition) is 3. The molecule has 0 bridgehead atoms. The van der Waals surface area contributed by atoms with Gasteiger partial charge in [0.25, 0.3) is 0 Å². The summed E-state index contributed by atoms with van der Waals surface area (Å²) in [6, 6.07) is 10.3. The normalized spacial score (nSPS) is 10.4. The number of rotatable bonds is 3. The molecule has 0 spiro atoms. The van der Waals surface area contributed by atoms with E-state index >= 15 is 0 Å². The first-order valence-electron chi connectivity index (χ1n) is 6.65. The highest BCUT2D eigenvalue weighted by molar-refractivity contribution is 6.01. The Labute approximate surface area is 129 Å². The number of carboxylic acid groups (broad SMARTS) is 1. The molecule has 0 aliphatic rings. The second-order valence-corrected chi connectivity index (χ2v) is 4.80. The Morgan fingerprint density at radius 2 is 1.61 bits per heavy atom. The summed E-state index contributed by atoms with van der Waals surface area (Å²) in [6.07, 6.45) is 0. The SMILES string of the molecule is O=C(Nc1cccc(C(=O)O)c1)Nc1ccc2[nH]c(=O)[nH]c2c1. The molecule has 8 heteroatoms. The second-order valence-electron chi connectivity index (χ2n) is 4.80. The second kappa shape index (κ2) is 5.68. The van der Waals surface area contributed by atoms with Crippen molar-refractivity contribution in [2.24, 2.45) is 0 Å². The summed E-state index contributed by atoms with van der Waals surface area (Å²) in [6.45, 7) is 0. The molecule has 1 aromatic heterocycles. The van der Waals surface area contributed by atoms with Crippen molar-refractivity contribution in [3.63, 3.8) is 0 Å². The first-order valence-corrected chi connectivity index (χ1v) is 6.65. The number of aromatic carboxylic acids is 1. The molecule has 0 aliphatic heterocycles. The lowest BCUT2D eigenvalue weighted by molar-refractivity contribution is 0.0697. The number of amides is 2. The highest BCUT2D eigenvalue weighted by Crippen LogP contribution is 2.15. The maximum absolute atomic E-state index is 12.0. The van der Waals surface area contributed by atoms with Crippen molar-refractivity contribution in [2.45, 2.75) is 0 Å². The number of aromatic amines is 2. The van der Waals surface area contributed by atoms with Crippen LogP contribution in [0.4, 0.5) is 16.2 Å². The van der Waals surface area contributed by atoms with Gasteiger partial charge in [-0.2, -0.15) is 0 Å². The summed E-state index contributed by atoms with van der Waals surface area (Å²) in [5.41, 5.74) is 1.80. The zero-order valence-corrected chi connectivity index (χ0v) is 11.7. The van der Waals surface area contributed by atoms with Crippen LogP contribution in [0, 0.1) is 0 Å². The molecule has 3 rings (SSSR count). The van der Waals surface area contributed by atoms with Gasteiger partial charge in [-0.1, -0.05) is 6.07 Å². The summed E-state index contributed by atoms with van der Waals surface area (Å²) in [5, 5.41) is 14.1. The van der Waals surface area contributed by atoms with Crippen molar-refractivity contribution in [3.05, 3.63) is 58.5 Å². The number of hydrogen-bond donors (Lipinski definition) is 5. The number of anilines is 2. The fourth-order valence-corrected chi connectivity index (χ4v) is 2.13. The molecule has 5 N–H and O–H groups in total. The zero-order chi connectivity index (χ0) is 16.4. The smallest absolute Gasteiger partial charge is 0.335 e. The molecule has 0 fully saturated rings. The summed E-state index contributed by atoms with van der Waals surface area (Å²) >= 11 is 0. The van der Waals surface area contributed by atoms with E-state index in [1.54, 1.807) is 24.3 Å². The van der Waals surface area contributed by atoms with E-state index in [9.17, 15) is 14.4 Å². The molecule has 0 radical (unpaired) electrons. The Balaban J connectivity index is 1.74. The van der Waals surface area contributed by atoms with Crippen molar-refractivity contribution in [3.8, 4) is 0 Å². The van der Waals surface area contributed by atoms with Crippen molar-refractivity contribution in [1.82, 2.24) is 9.97 Å². The maximum Gasteiger partial charge on any atom is 0.335 e. The molecule has 2 amide bonds. The summed E-state index contributed by atoms with van der Waals surface area (Å²) in [5.74, 6) is -1.07. The highest BCUT2D eigenvalue weighted by atomic mass is 16.4. The number of imidazole rings is 1. The van der Waals surface area contributed by atoms with Crippen LogP contribution in [0.25, 0.3) is 11.0 Å². The average molecular weight is 312 g/mol. The van der Waals surface area contributed by atoms with Crippen LogP contribution in [0.15, 0.2) is 47.3 Å². The third kappa shape index (κ3) is 3.21. The van der Waals surface area contributed by atoms with Gasteiger partial charge in [0.2, 0.25) is 0 Å². The maximum atomic E-state index is 12.0. The minimum absolute atomic E-state index is 0.0779. The Kier molecular flexibility index (Phi) is 3.55. The van der Waals surface area contributed by atoms with Crippen molar-refractivity contribution in [1.29, 1.82) is 0 Å². The minimum Gasteiger partial charge on any atom is -0.478 e. The number of benzene rings is 2. The van der Waals surface area contributed by atoms with Gasteiger partial charge < -0.3 is 25.7 Å². The van der Waals surface area contributed by atoms with Crippen LogP contribution in [-0.2, 0) is 0 Å². The molecule has 0 aliphatic carbocycles. The largest absolute Gasteiger partial charge is 0.478 e. The van der Waals surface area contributed by atoms with Gasteiger partial charge in [-0.3, -0.25) is 0 Å². The molecule has 0 saturated heterocycles. The van der Waals surface area contributed by atoms with Gasteiger partial charge in [0.1, 0.15) is 0 Å². The third-order valence-corrected chi connectivity index (χ3v) is 3.14. The van der Waals surface area contributed by atoms with E-state index in [-0.39, 0.29) is 11.3 Å². The van der Waals surface area contributed by atoms with Crippen LogP contribution in [0.1, 0.15) is 10.4 Å². The van der Waals surface area contributed by atoms with E-state index in [1.807, 2.05) is 0 Å². The molecule has 3 aromatic rings. The molecule has 23 heavy (non-hydrogen) atoms. The van der Waals surface area contributed by atoms with E-state index < -0.39 is 12.0 Å². The molecule has 1 heterocycles. The average Bonchev–Trinajstić information content (AvgIpc) is 2.86. The van der Waals surface area contributed by atoms with Gasteiger partial charge in [-0.05, 0) is 36.4 Å². The third-order valence-electron chi connectivity index (χ3n) is 3.14. The number of H-pyrrole nitrogens is 2. The van der Waals surface area contributed by atoms with Gasteiger partial charge in [-0.15, -0.1) is 0 Å². The molecule has 8 nitrogen and oxygen atoms in total. The van der Waals surface area contributed by atoms with Gasteiger partial charge in [0.05, 0.1) is 16.6 Å². The van der Waals surface area contributed by atoms with Gasteiger partial charge in [0, 0.05) is 11.4 Å². The van der Waals surface area contributed by atoms with Crippen LogP contribution < -0.4 is 16.3 Å². The molecular formula is C15H12N4O4. The molecule has 0 unspecified atom stereocenters. The summed E-state index contributed by atoms with van der Waals surface area (Å²) in [7, 11) is 0. The topological polar surface area (TPSA) is 127 Å². The number of carbonyl (C=O) groups excluding carboxylic acids is 1. The first kappa shape index (κ1) is 14.4. The van der Waals surface area contributed by atoms with Crippen LogP contribution in [0.5, 0.6) is 0 Å². The Hall–Kier alpha value is -3.55. The summed E-state index contributed by atoms with van der Waals surface area (Å²) < 4.78 is 0. The highest BCUT2D eigenvalue weighted by Gasteiger charge is 2.07. The van der Waals surface area contributed by atoms with E-state index in [2.05, 4.69) is 20.6 Å². The molecule has 116 valence electrons. The monoisotopic (exact) mass is 312 g/mol. The van der Waals surface area contributed by atoms with E-state index in [1.165, 1.54) is 18.2 Å². The van der Waals surface area contributed by atoms with Crippen LogP contribution in [-0.4, -0.2) is 27.1 Å². The molecular weight excluding hydrogens is 300 g/mol. The molecule has 0 saturated carbocycles. The lowest BCUT2D eigenvalue weighted by Gasteiger charge is -2.08. The Bertz CT molecular complexity index is 957. The van der Waals surface area contributed by atoms with Crippen LogP contribution in [0.3, 0.4) is 0 Å². The van der Waals surface area contributed by atoms with Crippen molar-refractivity contribution >= 4 is 34.4 Å². The number of aromatic nitrogens is 2. The van der Waals surface area contributed by atoms with E-state index in [4.69, 9.17) is 5.11 Å². The first-order chi connectivity index (χ1) is 11.0. The van der Waals surface area contributed by atoms with Crippen molar-refractivity contribution < 1.29 is 14.7 Å².